The average molecular weight is 627 g/mol. The minimum Gasteiger partial charge on any atom is -0.383 e. The van der Waals surface area contributed by atoms with Crippen LogP contribution in [-0.2, 0) is 27.1 Å². The summed E-state index contributed by atoms with van der Waals surface area (Å²) < 4.78 is 116. The van der Waals surface area contributed by atoms with Crippen molar-refractivity contribution in [2.45, 2.75) is 55.0 Å². The molecule has 5 nitrogen and oxygen atoms in total. The van der Waals surface area contributed by atoms with Gasteiger partial charge in [-0.05, 0) is 66.8 Å². The third-order valence-corrected chi connectivity index (χ3v) is 10.5. The molecule has 0 bridgehead atoms. The van der Waals surface area contributed by atoms with E-state index in [0.717, 1.165) is 28.1 Å². The fraction of sp³-hybridized carbons (Fsp3) is 0.419. The average Bonchev–Trinajstić information content (AvgIpc) is 2.93. The number of hydrogen-bond donors (Lipinski definition) is 0. The first-order valence-corrected chi connectivity index (χ1v) is 15.4. The second-order valence-electron chi connectivity index (χ2n) is 11.0. The highest BCUT2D eigenvalue weighted by molar-refractivity contribution is 7.89. The van der Waals surface area contributed by atoms with Gasteiger partial charge in [-0.25, -0.2) is 8.42 Å². The molecule has 3 atom stereocenters. The topological polar surface area (TPSA) is 49.9 Å². The Labute approximate surface area is 247 Å². The number of halogens is 6. The Morgan fingerprint density at radius 1 is 0.837 bits per heavy atom. The van der Waals surface area contributed by atoms with Crippen molar-refractivity contribution >= 4 is 10.0 Å². The molecule has 2 aliphatic rings. The van der Waals surface area contributed by atoms with E-state index in [1.165, 1.54) is 25.1 Å². The third-order valence-electron chi connectivity index (χ3n) is 8.54. The predicted molar refractivity (Wildman–Crippen MR) is 150 cm³/mol. The van der Waals surface area contributed by atoms with Crippen LogP contribution in [0.2, 0.25) is 0 Å². The first-order chi connectivity index (χ1) is 20.2. The van der Waals surface area contributed by atoms with Gasteiger partial charge in [0, 0.05) is 38.2 Å². The van der Waals surface area contributed by atoms with Crippen molar-refractivity contribution in [3.63, 3.8) is 0 Å². The van der Waals surface area contributed by atoms with Crippen molar-refractivity contribution in [1.29, 1.82) is 0 Å². The predicted octanol–water partition coefficient (Wildman–Crippen LogP) is 6.97. The summed E-state index contributed by atoms with van der Waals surface area (Å²) in [6.07, 6.45) is -8.16. The number of methoxy groups -OCH3 is 1. The number of alkyl halides is 6. The van der Waals surface area contributed by atoms with E-state index in [1.54, 1.807) is 25.3 Å². The summed E-state index contributed by atoms with van der Waals surface area (Å²) in [5.41, 5.74) is 0.137. The van der Waals surface area contributed by atoms with Gasteiger partial charge in [0.1, 0.15) is 0 Å². The molecule has 5 rings (SSSR count). The van der Waals surface area contributed by atoms with Crippen LogP contribution in [0.3, 0.4) is 0 Å². The summed E-state index contributed by atoms with van der Waals surface area (Å²) in [6.45, 7) is 2.57. The zero-order valence-corrected chi connectivity index (χ0v) is 24.4. The maximum atomic E-state index is 13.8. The van der Waals surface area contributed by atoms with Gasteiger partial charge < -0.3 is 4.74 Å². The molecule has 2 aliphatic heterocycles. The molecule has 0 N–H and O–H groups in total. The number of rotatable bonds is 6. The van der Waals surface area contributed by atoms with E-state index >= 15 is 0 Å². The largest absolute Gasteiger partial charge is 0.417 e. The van der Waals surface area contributed by atoms with E-state index in [2.05, 4.69) is 4.90 Å². The number of sulfonamides is 1. The van der Waals surface area contributed by atoms with Crippen molar-refractivity contribution in [3.05, 3.63) is 89.0 Å². The summed E-state index contributed by atoms with van der Waals surface area (Å²) in [6, 6.07) is 15.0. The molecule has 2 fully saturated rings. The fourth-order valence-electron chi connectivity index (χ4n) is 6.48. The second kappa shape index (κ2) is 11.9. The number of hydrogen-bond acceptors (Lipinski definition) is 4. The number of ether oxygens (including phenoxy) is 1. The van der Waals surface area contributed by atoms with Crippen molar-refractivity contribution in [3.8, 4) is 11.1 Å². The minimum absolute atomic E-state index is 0.00606. The smallest absolute Gasteiger partial charge is 0.383 e. The first kappa shape index (κ1) is 31.5. The van der Waals surface area contributed by atoms with Crippen molar-refractivity contribution in [2.24, 2.45) is 0 Å². The standard InChI is InChI=1S/C31H32F6N2O3S/c1-20-23(8-7-10-24(20)30(32,33)34)21-12-14-22(15-13-21)29-26-18-38(16-5-6-17-39(26)27(29)19-42-2)43(40,41)28-11-4-3-9-25(28)31(35,36)37/h3-4,7-15,26-27,29H,5-6,16-19H2,1-2H3/t26-,27+,29?/m0/s1. The fourth-order valence-corrected chi connectivity index (χ4v) is 8.19. The third kappa shape index (κ3) is 6.07. The maximum absolute atomic E-state index is 13.8. The van der Waals surface area contributed by atoms with Gasteiger partial charge in [-0.3, -0.25) is 4.90 Å². The van der Waals surface area contributed by atoms with Gasteiger partial charge in [0.2, 0.25) is 10.0 Å². The summed E-state index contributed by atoms with van der Waals surface area (Å²) in [7, 11) is -2.91. The van der Waals surface area contributed by atoms with Crippen LogP contribution in [0, 0.1) is 6.92 Å². The maximum Gasteiger partial charge on any atom is 0.417 e. The van der Waals surface area contributed by atoms with Crippen LogP contribution < -0.4 is 0 Å². The number of benzene rings is 3. The van der Waals surface area contributed by atoms with Crippen molar-refractivity contribution in [2.75, 3.05) is 33.4 Å². The second-order valence-corrected chi connectivity index (χ2v) is 12.9. The van der Waals surface area contributed by atoms with Gasteiger partial charge in [0.15, 0.2) is 0 Å². The number of fused-ring (bicyclic) bond motifs is 1. The van der Waals surface area contributed by atoms with Crippen LogP contribution in [0.4, 0.5) is 26.3 Å². The molecule has 0 aliphatic carbocycles. The first-order valence-electron chi connectivity index (χ1n) is 13.9. The van der Waals surface area contributed by atoms with Crippen LogP contribution in [-0.4, -0.2) is 63.1 Å². The molecule has 0 spiro atoms. The van der Waals surface area contributed by atoms with Crippen LogP contribution in [0.25, 0.3) is 11.1 Å². The van der Waals surface area contributed by atoms with Gasteiger partial charge in [0.05, 0.1) is 22.6 Å². The van der Waals surface area contributed by atoms with Gasteiger partial charge in [0.25, 0.3) is 0 Å². The Morgan fingerprint density at radius 2 is 1.47 bits per heavy atom. The molecule has 2 heterocycles. The number of nitrogens with zero attached hydrogens (tertiary/aromatic N) is 2. The molecular weight excluding hydrogens is 594 g/mol. The van der Waals surface area contributed by atoms with Crippen LogP contribution in [0.15, 0.2) is 71.6 Å². The van der Waals surface area contributed by atoms with E-state index < -0.39 is 38.4 Å². The lowest BCUT2D eigenvalue weighted by Crippen LogP contribution is -2.68. The van der Waals surface area contributed by atoms with Crippen molar-refractivity contribution in [1.82, 2.24) is 9.21 Å². The van der Waals surface area contributed by atoms with Gasteiger partial charge in [-0.2, -0.15) is 30.6 Å². The van der Waals surface area contributed by atoms with Crippen LogP contribution in [0.5, 0.6) is 0 Å². The Hall–Kier alpha value is -2.93. The van der Waals surface area contributed by atoms with Gasteiger partial charge in [-0.15, -0.1) is 0 Å². The lowest BCUT2D eigenvalue weighted by molar-refractivity contribution is -0.140. The highest BCUT2D eigenvalue weighted by Gasteiger charge is 2.51. The molecule has 12 heteroatoms. The summed E-state index contributed by atoms with van der Waals surface area (Å²) in [5, 5.41) is 0. The van der Waals surface area contributed by atoms with Gasteiger partial charge >= 0.3 is 12.4 Å². The molecule has 1 unspecified atom stereocenters. The molecule has 2 saturated heterocycles. The zero-order valence-electron chi connectivity index (χ0n) is 23.6. The molecule has 0 radical (unpaired) electrons. The van der Waals surface area contributed by atoms with E-state index in [9.17, 15) is 34.8 Å². The Balaban J connectivity index is 1.47. The highest BCUT2D eigenvalue weighted by Crippen LogP contribution is 2.44. The van der Waals surface area contributed by atoms with Crippen LogP contribution >= 0.6 is 0 Å². The minimum atomic E-state index is -4.83. The Bertz CT molecular complexity index is 1560. The van der Waals surface area contributed by atoms with Gasteiger partial charge in [-0.1, -0.05) is 48.5 Å². The molecule has 0 aromatic heterocycles. The Kier molecular flexibility index (Phi) is 8.69. The lowest BCUT2D eigenvalue weighted by atomic mass is 9.74. The van der Waals surface area contributed by atoms with E-state index in [-0.39, 0.29) is 36.7 Å². The van der Waals surface area contributed by atoms with Crippen molar-refractivity contribution < 1.29 is 39.5 Å². The van der Waals surface area contributed by atoms with E-state index in [1.807, 2.05) is 12.1 Å². The summed E-state index contributed by atoms with van der Waals surface area (Å²) in [4.78, 5) is 1.39. The zero-order chi connectivity index (χ0) is 31.2. The quantitative estimate of drug-likeness (QED) is 0.278. The lowest BCUT2D eigenvalue weighted by Gasteiger charge is -2.57. The molecule has 0 amide bonds. The van der Waals surface area contributed by atoms with Crippen LogP contribution in [0.1, 0.15) is 41.0 Å². The molecule has 43 heavy (non-hydrogen) atoms. The molecular formula is C31H32F6N2O3S. The monoisotopic (exact) mass is 626 g/mol. The highest BCUT2D eigenvalue weighted by atomic mass is 32.2. The molecule has 3 aromatic carbocycles. The SMILES string of the molecule is COC[C@@H]1C(c2ccc(-c3cccc(C(F)(F)F)c3C)cc2)[C@@H]2CN(S(=O)(=O)c3ccccc3C(F)(F)F)CCCCN12. The Morgan fingerprint density at radius 3 is 2.12 bits per heavy atom. The van der Waals surface area contributed by atoms with E-state index in [4.69, 9.17) is 4.74 Å². The molecule has 232 valence electrons. The summed E-state index contributed by atoms with van der Waals surface area (Å²) in [5.74, 6) is -0.203. The normalized spacial score (nSPS) is 22.4. The molecule has 0 saturated carbocycles. The molecule has 3 aromatic rings. The van der Waals surface area contributed by atoms with E-state index in [0.29, 0.717) is 37.1 Å². The summed E-state index contributed by atoms with van der Waals surface area (Å²) >= 11 is 0.